The van der Waals surface area contributed by atoms with Gasteiger partial charge in [0.2, 0.25) is 0 Å². The molecular formula is C14H15BrFeO. The second-order valence-electron chi connectivity index (χ2n) is 3.70. The van der Waals surface area contributed by atoms with Gasteiger partial charge in [0.15, 0.2) is 0 Å². The average Bonchev–Trinajstić information content (AvgIpc) is 2.89. The van der Waals surface area contributed by atoms with Crippen molar-refractivity contribution in [3.05, 3.63) is 65.0 Å². The van der Waals surface area contributed by atoms with Gasteiger partial charge in [-0.25, -0.2) is 12.1 Å². The molecule has 1 nitrogen and oxygen atoms in total. The molecule has 0 spiro atoms. The van der Waals surface area contributed by atoms with Crippen LogP contribution in [-0.2, 0) is 17.1 Å². The van der Waals surface area contributed by atoms with Crippen LogP contribution in [0.4, 0.5) is 0 Å². The number of hydrogen-bond acceptors (Lipinski definition) is 1. The largest absolute Gasteiger partial charge is 2.00 e. The summed E-state index contributed by atoms with van der Waals surface area (Å²) in [6.07, 6.45) is 5.68. The van der Waals surface area contributed by atoms with Crippen molar-refractivity contribution in [3.8, 4) is 0 Å². The second-order valence-corrected chi connectivity index (χ2v) is 4.26. The van der Waals surface area contributed by atoms with Gasteiger partial charge in [-0.3, -0.25) is 0 Å². The molecule has 1 aliphatic carbocycles. The summed E-state index contributed by atoms with van der Waals surface area (Å²) in [5.74, 6) is 0.146. The van der Waals surface area contributed by atoms with Gasteiger partial charge in [-0.05, 0) is 12.5 Å². The Morgan fingerprint density at radius 3 is 2.35 bits per heavy atom. The standard InChI is InChI=1S/C8H9BrO.C6H7.Fe/c1-6-2-3-7(4-6)8(10)5-9;1-6-4-2-3-5-6;/h2-4,10H,5H2,1H3;2-5H,1H3;/q;-1;+2/p-1. The van der Waals surface area contributed by atoms with Crippen molar-refractivity contribution in [3.63, 3.8) is 0 Å². The molecule has 0 aromatic heterocycles. The van der Waals surface area contributed by atoms with E-state index >= 15 is 0 Å². The molecule has 1 aliphatic rings. The van der Waals surface area contributed by atoms with E-state index in [4.69, 9.17) is 0 Å². The van der Waals surface area contributed by atoms with Crippen LogP contribution in [0.2, 0.25) is 0 Å². The van der Waals surface area contributed by atoms with E-state index in [1.165, 1.54) is 5.56 Å². The van der Waals surface area contributed by atoms with E-state index in [-0.39, 0.29) is 22.8 Å². The van der Waals surface area contributed by atoms with Crippen molar-refractivity contribution in [1.82, 2.24) is 0 Å². The molecule has 2 rings (SSSR count). The van der Waals surface area contributed by atoms with Gasteiger partial charge in [0.05, 0.1) is 0 Å². The molecule has 92 valence electrons. The number of rotatable bonds is 1. The van der Waals surface area contributed by atoms with Crippen molar-refractivity contribution in [2.45, 2.75) is 13.8 Å². The first kappa shape index (κ1) is 16.4. The quantitative estimate of drug-likeness (QED) is 0.335. The first-order valence-electron chi connectivity index (χ1n) is 5.14. The minimum atomic E-state index is 0. The molecule has 1 aromatic carbocycles. The van der Waals surface area contributed by atoms with E-state index in [0.29, 0.717) is 5.33 Å². The summed E-state index contributed by atoms with van der Waals surface area (Å²) >= 11 is 3.11. The predicted molar refractivity (Wildman–Crippen MR) is 70.5 cm³/mol. The Bertz CT molecular complexity index is 413. The topological polar surface area (TPSA) is 23.1 Å². The van der Waals surface area contributed by atoms with Gasteiger partial charge >= 0.3 is 17.1 Å². The number of aryl methyl sites for hydroxylation is 1. The van der Waals surface area contributed by atoms with Crippen molar-refractivity contribution in [1.29, 1.82) is 0 Å². The first-order valence-corrected chi connectivity index (χ1v) is 6.26. The number of halogens is 1. The first-order chi connectivity index (χ1) is 7.63. The van der Waals surface area contributed by atoms with Gasteiger partial charge < -0.3 is 5.11 Å². The van der Waals surface area contributed by atoms with Crippen molar-refractivity contribution >= 4 is 15.9 Å². The van der Waals surface area contributed by atoms with Crippen LogP contribution >= 0.6 is 15.9 Å². The van der Waals surface area contributed by atoms with Crippen molar-refractivity contribution < 1.29 is 22.2 Å². The molecule has 0 fully saturated rings. The zero-order chi connectivity index (χ0) is 12.0. The molecule has 0 unspecified atom stereocenters. The molecule has 0 bridgehead atoms. The summed E-state index contributed by atoms with van der Waals surface area (Å²) < 4.78 is 0. The minimum Gasteiger partial charge on any atom is -0.874 e. The summed E-state index contributed by atoms with van der Waals surface area (Å²) in [5.41, 5.74) is 3.29. The normalized spacial score (nSPS) is 15.6. The molecule has 0 saturated carbocycles. The molecule has 0 saturated heterocycles. The Labute approximate surface area is 122 Å². The summed E-state index contributed by atoms with van der Waals surface area (Å²) in [5, 5.41) is 11.4. The summed E-state index contributed by atoms with van der Waals surface area (Å²) in [7, 11) is 0. The van der Waals surface area contributed by atoms with Gasteiger partial charge in [-0.2, -0.15) is 17.7 Å². The molecule has 1 aromatic rings. The van der Waals surface area contributed by atoms with E-state index in [0.717, 1.165) is 11.1 Å². The third-order valence-corrected chi connectivity index (χ3v) is 2.69. The summed E-state index contributed by atoms with van der Waals surface area (Å²) in [6.45, 7) is 4.06. The zero-order valence-electron chi connectivity index (χ0n) is 9.89. The summed E-state index contributed by atoms with van der Waals surface area (Å²) in [6, 6.07) is 8.24. The van der Waals surface area contributed by atoms with Crippen LogP contribution in [0.5, 0.6) is 0 Å². The molecule has 0 heterocycles. The maximum absolute atomic E-state index is 11.0. The average molecular weight is 335 g/mol. The van der Waals surface area contributed by atoms with Crippen LogP contribution < -0.4 is 5.11 Å². The number of allylic oxidation sites excluding steroid dienone is 6. The van der Waals surface area contributed by atoms with Crippen LogP contribution in [0, 0.1) is 6.92 Å². The maximum Gasteiger partial charge on any atom is 2.00 e. The fourth-order valence-corrected chi connectivity index (χ4v) is 1.61. The second kappa shape index (κ2) is 8.46. The van der Waals surface area contributed by atoms with Gasteiger partial charge in [0, 0.05) is 5.33 Å². The molecule has 0 N–H and O–H groups in total. The Hall–Kier alpha value is -0.631. The van der Waals surface area contributed by atoms with Crippen LogP contribution in [-0.4, -0.2) is 5.33 Å². The number of alkyl halides is 1. The van der Waals surface area contributed by atoms with E-state index in [1.54, 1.807) is 0 Å². The van der Waals surface area contributed by atoms with Crippen LogP contribution in [0.25, 0.3) is 0 Å². The fraction of sp³-hybridized carbons (Fsp3) is 0.214. The third kappa shape index (κ3) is 6.02. The molecule has 0 amide bonds. The predicted octanol–water partition coefficient (Wildman–Crippen LogP) is 3.22. The van der Waals surface area contributed by atoms with E-state index in [2.05, 4.69) is 35.0 Å². The van der Waals surface area contributed by atoms with Gasteiger partial charge in [0.25, 0.3) is 0 Å². The molecule has 17 heavy (non-hydrogen) atoms. The van der Waals surface area contributed by atoms with E-state index in [9.17, 15) is 5.11 Å². The molecule has 3 heteroatoms. The van der Waals surface area contributed by atoms with E-state index < -0.39 is 0 Å². The van der Waals surface area contributed by atoms with E-state index in [1.807, 2.05) is 37.3 Å². The van der Waals surface area contributed by atoms with Crippen LogP contribution in [0.1, 0.15) is 12.5 Å². The minimum absolute atomic E-state index is 0. The van der Waals surface area contributed by atoms with Crippen molar-refractivity contribution in [2.24, 2.45) is 0 Å². The smallest absolute Gasteiger partial charge is 0.874 e. The van der Waals surface area contributed by atoms with Gasteiger partial charge in [-0.15, -0.1) is 5.76 Å². The van der Waals surface area contributed by atoms with Crippen LogP contribution in [0.3, 0.4) is 0 Å². The summed E-state index contributed by atoms with van der Waals surface area (Å²) in [4.78, 5) is 0. The Morgan fingerprint density at radius 2 is 2.06 bits per heavy atom. The Kier molecular flexibility index (Phi) is 8.15. The Balaban J connectivity index is 0.000000316. The fourth-order valence-electron chi connectivity index (χ4n) is 1.28. The SMILES string of the molecule is CC1=CC(=C([O-])CBr)C=C1.Cc1ccc[cH-]1.[Fe+2]. The molecule has 0 radical (unpaired) electrons. The Morgan fingerprint density at radius 1 is 1.35 bits per heavy atom. The molecular weight excluding hydrogens is 320 g/mol. The monoisotopic (exact) mass is 334 g/mol. The zero-order valence-corrected chi connectivity index (χ0v) is 12.6. The van der Waals surface area contributed by atoms with Gasteiger partial charge in [0.1, 0.15) is 0 Å². The van der Waals surface area contributed by atoms with Crippen molar-refractivity contribution in [2.75, 3.05) is 5.33 Å². The van der Waals surface area contributed by atoms with Crippen LogP contribution in [0.15, 0.2) is 59.4 Å². The molecule has 0 aliphatic heterocycles. The maximum atomic E-state index is 11.0. The third-order valence-electron chi connectivity index (χ3n) is 2.18. The number of hydrogen-bond donors (Lipinski definition) is 0. The van der Waals surface area contributed by atoms with Gasteiger partial charge in [-0.1, -0.05) is 46.7 Å². The molecule has 0 atom stereocenters.